The number of aryl methyl sites for hydroxylation is 1. The summed E-state index contributed by atoms with van der Waals surface area (Å²) in [5.41, 5.74) is 6.03. The number of hydrogen-bond acceptors (Lipinski definition) is 3. The summed E-state index contributed by atoms with van der Waals surface area (Å²) in [6.07, 6.45) is 10.9. The molecule has 1 aliphatic heterocycles. The van der Waals surface area contributed by atoms with Crippen LogP contribution in [0.4, 0.5) is 0 Å². The van der Waals surface area contributed by atoms with Gasteiger partial charge in [-0.15, -0.1) is 0 Å². The minimum Gasteiger partial charge on any atom is -0.491 e. The predicted octanol–water partition coefficient (Wildman–Crippen LogP) is 8.12. The van der Waals surface area contributed by atoms with Crippen molar-refractivity contribution in [3.63, 3.8) is 0 Å². The predicted molar refractivity (Wildman–Crippen MR) is 151 cm³/mol. The van der Waals surface area contributed by atoms with Crippen molar-refractivity contribution in [1.29, 1.82) is 0 Å². The fourth-order valence-corrected chi connectivity index (χ4v) is 4.99. The highest BCUT2D eigenvalue weighted by Crippen LogP contribution is 2.39. The van der Waals surface area contributed by atoms with Crippen molar-refractivity contribution in [2.24, 2.45) is 5.92 Å². The van der Waals surface area contributed by atoms with Gasteiger partial charge in [0.25, 0.3) is 0 Å². The zero-order chi connectivity index (χ0) is 26.2. The van der Waals surface area contributed by atoms with Gasteiger partial charge >= 0.3 is 0 Å². The van der Waals surface area contributed by atoms with Crippen LogP contribution in [0.1, 0.15) is 84.4 Å². The van der Waals surface area contributed by atoms with Crippen LogP contribution in [0.3, 0.4) is 0 Å². The molecule has 0 radical (unpaired) electrons. The van der Waals surface area contributed by atoms with E-state index in [9.17, 15) is 0 Å². The second kappa shape index (κ2) is 13.2. The van der Waals surface area contributed by atoms with Crippen molar-refractivity contribution in [2.75, 3.05) is 13.6 Å². The number of benzene rings is 1. The largest absolute Gasteiger partial charge is 0.491 e. The van der Waals surface area contributed by atoms with Crippen LogP contribution < -0.4 is 0 Å². The molecule has 0 aromatic heterocycles. The van der Waals surface area contributed by atoms with Gasteiger partial charge in [0.15, 0.2) is 0 Å². The number of ether oxygens (including phenoxy) is 2. The second-order valence-electron chi connectivity index (χ2n) is 10.7. The van der Waals surface area contributed by atoms with Gasteiger partial charge in [0.2, 0.25) is 0 Å². The first-order valence-corrected chi connectivity index (χ1v) is 13.4. The molecule has 2 atom stereocenters. The molecule has 3 heteroatoms. The van der Waals surface area contributed by atoms with Crippen LogP contribution >= 0.6 is 0 Å². The molecule has 0 fully saturated rings. The van der Waals surface area contributed by atoms with Gasteiger partial charge < -0.3 is 14.4 Å². The van der Waals surface area contributed by atoms with E-state index in [1.54, 1.807) is 6.08 Å². The lowest BCUT2D eigenvalue weighted by Gasteiger charge is -2.43. The summed E-state index contributed by atoms with van der Waals surface area (Å²) in [5, 5.41) is 0. The molecule has 0 spiro atoms. The maximum atomic E-state index is 6.63. The summed E-state index contributed by atoms with van der Waals surface area (Å²) in [6.45, 7) is 24.4. The zero-order valence-electron chi connectivity index (χ0n) is 23.6. The number of hydrogen-bond donors (Lipinski definition) is 0. The highest BCUT2D eigenvalue weighted by molar-refractivity contribution is 5.63. The average molecular weight is 480 g/mol. The number of rotatable bonds is 13. The maximum Gasteiger partial charge on any atom is 0.113 e. The molecule has 194 valence electrons. The standard InChI is InChI=1S/C32H49NO2/c1-11-14-15-30-26(9)35-32(13-3,22-31(30)34-24(6)7)18-19-33(10)25(8)28-16-17-29(20-23(4)5)27(12-2)21-28/h11,14-17,21,23-24,31H,1,8,12-13,18-20,22H2,2-7,9-10H3/b15-14-. The normalized spacial score (nSPS) is 20.6. The van der Waals surface area contributed by atoms with Gasteiger partial charge in [0, 0.05) is 37.7 Å². The Bertz CT molecular complexity index is 923. The molecule has 0 amide bonds. The Morgan fingerprint density at radius 1 is 1.23 bits per heavy atom. The van der Waals surface area contributed by atoms with Crippen molar-refractivity contribution in [3.05, 3.63) is 77.6 Å². The van der Waals surface area contributed by atoms with Crippen molar-refractivity contribution >= 4 is 5.70 Å². The smallest absolute Gasteiger partial charge is 0.113 e. The molecule has 0 saturated heterocycles. The molecule has 2 rings (SSSR count). The summed E-state index contributed by atoms with van der Waals surface area (Å²) in [7, 11) is 2.14. The molecular weight excluding hydrogens is 430 g/mol. The van der Waals surface area contributed by atoms with E-state index in [1.165, 1.54) is 16.7 Å². The molecule has 1 heterocycles. The molecule has 0 saturated carbocycles. The van der Waals surface area contributed by atoms with E-state index in [4.69, 9.17) is 9.47 Å². The molecule has 0 aliphatic carbocycles. The number of nitrogens with zero attached hydrogens (tertiary/aromatic N) is 1. The van der Waals surface area contributed by atoms with Gasteiger partial charge in [-0.05, 0) is 68.7 Å². The maximum absolute atomic E-state index is 6.63. The fourth-order valence-electron chi connectivity index (χ4n) is 4.99. The van der Waals surface area contributed by atoms with E-state index in [2.05, 4.69) is 97.8 Å². The Kier molecular flexibility index (Phi) is 10.9. The molecule has 3 nitrogen and oxygen atoms in total. The van der Waals surface area contributed by atoms with Gasteiger partial charge in [-0.2, -0.15) is 0 Å². The number of allylic oxidation sites excluding steroid dienone is 3. The van der Waals surface area contributed by atoms with Crippen molar-refractivity contribution in [3.8, 4) is 0 Å². The molecule has 1 aromatic rings. The minimum absolute atomic E-state index is 0.0222. The molecule has 1 aromatic carbocycles. The topological polar surface area (TPSA) is 21.7 Å². The SMILES string of the molecule is C=C/C=C\C1=C(C)OC(CC)(CCN(C)C(=C)c2ccc(CC(C)C)c(CC)c2)CC1OC(C)C. The van der Waals surface area contributed by atoms with E-state index in [0.717, 1.165) is 55.7 Å². The third kappa shape index (κ3) is 7.87. The van der Waals surface area contributed by atoms with E-state index < -0.39 is 0 Å². The van der Waals surface area contributed by atoms with Crippen LogP contribution in [0.15, 0.2) is 60.9 Å². The van der Waals surface area contributed by atoms with Gasteiger partial charge in [-0.3, -0.25) is 0 Å². The third-order valence-electron chi connectivity index (χ3n) is 7.09. The first-order valence-electron chi connectivity index (χ1n) is 13.4. The van der Waals surface area contributed by atoms with Gasteiger partial charge in [0.1, 0.15) is 5.60 Å². The lowest BCUT2D eigenvalue weighted by Crippen LogP contribution is -2.44. The Morgan fingerprint density at radius 2 is 1.94 bits per heavy atom. The zero-order valence-corrected chi connectivity index (χ0v) is 23.6. The Morgan fingerprint density at radius 3 is 2.51 bits per heavy atom. The van der Waals surface area contributed by atoms with Gasteiger partial charge in [-0.1, -0.05) is 71.2 Å². The van der Waals surface area contributed by atoms with E-state index in [0.29, 0.717) is 5.92 Å². The average Bonchev–Trinajstić information content (AvgIpc) is 2.81. The molecule has 35 heavy (non-hydrogen) atoms. The van der Waals surface area contributed by atoms with Crippen LogP contribution in [-0.4, -0.2) is 36.3 Å². The summed E-state index contributed by atoms with van der Waals surface area (Å²) in [4.78, 5) is 2.28. The Labute approximate surface area is 215 Å². The van der Waals surface area contributed by atoms with Crippen LogP contribution in [0, 0.1) is 5.92 Å². The lowest BCUT2D eigenvalue weighted by atomic mass is 9.83. The van der Waals surface area contributed by atoms with Crippen molar-refractivity contribution in [2.45, 2.75) is 98.4 Å². The highest BCUT2D eigenvalue weighted by Gasteiger charge is 2.40. The van der Waals surface area contributed by atoms with Gasteiger partial charge in [0.05, 0.1) is 18.0 Å². The van der Waals surface area contributed by atoms with E-state index >= 15 is 0 Å². The van der Waals surface area contributed by atoms with Crippen LogP contribution in [0.2, 0.25) is 0 Å². The van der Waals surface area contributed by atoms with Crippen molar-refractivity contribution < 1.29 is 9.47 Å². The molecule has 0 N–H and O–H groups in total. The monoisotopic (exact) mass is 479 g/mol. The lowest BCUT2D eigenvalue weighted by molar-refractivity contribution is -0.0886. The summed E-state index contributed by atoms with van der Waals surface area (Å²) in [5.74, 6) is 1.61. The second-order valence-corrected chi connectivity index (χ2v) is 10.7. The van der Waals surface area contributed by atoms with E-state index in [1.807, 2.05) is 6.08 Å². The molecule has 2 unspecified atom stereocenters. The van der Waals surface area contributed by atoms with Crippen LogP contribution in [-0.2, 0) is 22.3 Å². The quantitative estimate of drug-likeness (QED) is 0.267. The molecule has 1 aliphatic rings. The molecular formula is C32H49NO2. The summed E-state index contributed by atoms with van der Waals surface area (Å²) >= 11 is 0. The summed E-state index contributed by atoms with van der Waals surface area (Å²) in [6, 6.07) is 6.87. The molecule has 0 bridgehead atoms. The van der Waals surface area contributed by atoms with Crippen LogP contribution in [0.5, 0.6) is 0 Å². The first kappa shape index (κ1) is 29.0. The highest BCUT2D eigenvalue weighted by atomic mass is 16.5. The third-order valence-corrected chi connectivity index (χ3v) is 7.09. The Balaban J connectivity index is 2.18. The van der Waals surface area contributed by atoms with Crippen molar-refractivity contribution in [1.82, 2.24) is 4.90 Å². The summed E-state index contributed by atoms with van der Waals surface area (Å²) < 4.78 is 13.0. The first-order chi connectivity index (χ1) is 16.6. The van der Waals surface area contributed by atoms with Gasteiger partial charge in [-0.25, -0.2) is 0 Å². The Hall–Kier alpha value is -2.26. The fraction of sp³-hybridized carbons (Fsp3) is 0.562. The van der Waals surface area contributed by atoms with Crippen LogP contribution in [0.25, 0.3) is 5.70 Å². The van der Waals surface area contributed by atoms with E-state index in [-0.39, 0.29) is 17.8 Å². The minimum atomic E-state index is -0.251.